The molecule has 0 radical (unpaired) electrons. The predicted octanol–water partition coefficient (Wildman–Crippen LogP) is 2.00. The van der Waals surface area contributed by atoms with Crippen molar-refractivity contribution < 1.29 is 9.32 Å². The van der Waals surface area contributed by atoms with E-state index in [1.165, 1.54) is 0 Å². The highest BCUT2D eigenvalue weighted by Crippen LogP contribution is 2.21. The Bertz CT molecular complexity index is 282. The molecule has 0 saturated heterocycles. The molecule has 0 atom stereocenters. The molecule has 5 nitrogen and oxygen atoms in total. The van der Waals surface area contributed by atoms with E-state index in [0.717, 1.165) is 16.9 Å². The molecule has 1 aromatic carbocycles. The Kier molecular flexibility index (Phi) is 3.50. The first-order valence-corrected chi connectivity index (χ1v) is 3.76. The predicted molar refractivity (Wildman–Crippen MR) is 43.4 cm³/mol. The molecule has 0 unspecified atom stereocenters. The highest BCUT2D eigenvalue weighted by Gasteiger charge is 2.03. The molecule has 12 heavy (non-hydrogen) atoms. The summed E-state index contributed by atoms with van der Waals surface area (Å²) in [4.78, 5) is 7.68. The van der Waals surface area contributed by atoms with Crippen molar-refractivity contribution in [2.75, 3.05) is 0 Å². The molecular formula is C6H6N3O2S+. The van der Waals surface area contributed by atoms with Gasteiger partial charge in [0.15, 0.2) is 4.98 Å². The lowest BCUT2D eigenvalue weighted by Crippen LogP contribution is -1.93. The first-order valence-electron chi connectivity index (χ1n) is 3.02. The first kappa shape index (κ1) is 8.96. The molecule has 62 valence electrons. The van der Waals surface area contributed by atoms with E-state index >= 15 is 0 Å². The standard InChI is InChI=1S/C6H6N3O2S/c7-9-5-1-3-6(4-2-5)12-11-10-8/h1-4H,8H2/q+1. The second-order valence-corrected chi connectivity index (χ2v) is 2.62. The summed E-state index contributed by atoms with van der Waals surface area (Å²) in [6.45, 7) is 0. The minimum Gasteiger partial charge on any atom is -0.182 e. The van der Waals surface area contributed by atoms with Gasteiger partial charge in [-0.05, 0) is 12.1 Å². The molecule has 1 aromatic rings. The quantitative estimate of drug-likeness (QED) is 0.336. The molecule has 0 heterocycles. The summed E-state index contributed by atoms with van der Waals surface area (Å²) < 4.78 is 4.39. The molecule has 0 aliphatic heterocycles. The van der Waals surface area contributed by atoms with Crippen molar-refractivity contribution in [1.29, 1.82) is 5.39 Å². The van der Waals surface area contributed by atoms with Crippen molar-refractivity contribution in [3.8, 4) is 0 Å². The van der Waals surface area contributed by atoms with Crippen molar-refractivity contribution in [3.63, 3.8) is 0 Å². The van der Waals surface area contributed by atoms with E-state index in [0.29, 0.717) is 5.69 Å². The van der Waals surface area contributed by atoms with Crippen LogP contribution in [0.15, 0.2) is 29.2 Å². The van der Waals surface area contributed by atoms with Gasteiger partial charge in [-0.15, -0.1) is 9.32 Å². The van der Waals surface area contributed by atoms with Gasteiger partial charge in [0.2, 0.25) is 5.39 Å². The molecule has 0 amide bonds. The van der Waals surface area contributed by atoms with Gasteiger partial charge >= 0.3 is 5.69 Å². The maximum atomic E-state index is 8.35. The summed E-state index contributed by atoms with van der Waals surface area (Å²) in [7, 11) is 0. The van der Waals surface area contributed by atoms with Crippen LogP contribution in [0, 0.1) is 5.39 Å². The number of benzene rings is 1. The molecule has 2 N–H and O–H groups in total. The highest BCUT2D eigenvalue weighted by molar-refractivity contribution is 7.94. The minimum atomic E-state index is 0.480. The van der Waals surface area contributed by atoms with Crippen LogP contribution in [0.5, 0.6) is 0 Å². The van der Waals surface area contributed by atoms with E-state index in [2.05, 4.69) is 20.2 Å². The summed E-state index contributed by atoms with van der Waals surface area (Å²) in [5.74, 6) is 4.63. The van der Waals surface area contributed by atoms with Crippen molar-refractivity contribution >= 4 is 17.7 Å². The van der Waals surface area contributed by atoms with E-state index in [9.17, 15) is 0 Å². The summed E-state index contributed by atoms with van der Waals surface area (Å²) in [5.41, 5.74) is 0.480. The van der Waals surface area contributed by atoms with E-state index in [1.807, 2.05) is 0 Å². The molecule has 0 aliphatic rings. The summed E-state index contributed by atoms with van der Waals surface area (Å²) in [6.07, 6.45) is 0. The molecule has 0 spiro atoms. The largest absolute Gasteiger partial charge is 0.385 e. The van der Waals surface area contributed by atoms with Crippen LogP contribution in [-0.2, 0) is 9.32 Å². The minimum absolute atomic E-state index is 0.480. The monoisotopic (exact) mass is 184 g/mol. The smallest absolute Gasteiger partial charge is 0.182 e. The fourth-order valence-corrected chi connectivity index (χ4v) is 0.992. The molecule has 0 aliphatic carbocycles. The SMILES string of the molecule is N#[N+]c1ccc(SOON)cc1. The number of diazo groups is 1. The highest BCUT2D eigenvalue weighted by atomic mass is 32.2. The van der Waals surface area contributed by atoms with Gasteiger partial charge in [-0.2, -0.15) is 5.90 Å². The van der Waals surface area contributed by atoms with Crippen molar-refractivity contribution in [2.24, 2.45) is 5.90 Å². The third-order valence-corrected chi connectivity index (χ3v) is 1.73. The van der Waals surface area contributed by atoms with Crippen LogP contribution in [0.2, 0.25) is 0 Å². The number of hydrogen-bond donors (Lipinski definition) is 1. The number of hydrogen-bond acceptors (Lipinski definition) is 5. The van der Waals surface area contributed by atoms with E-state index in [-0.39, 0.29) is 0 Å². The van der Waals surface area contributed by atoms with E-state index in [1.54, 1.807) is 24.3 Å². The number of nitrogens with two attached hydrogens (primary N) is 1. The molecule has 0 aromatic heterocycles. The molecule has 0 bridgehead atoms. The van der Waals surface area contributed by atoms with Crippen molar-refractivity contribution in [3.05, 3.63) is 29.2 Å². The van der Waals surface area contributed by atoms with Gasteiger partial charge in [0.1, 0.15) is 0 Å². The third-order valence-electron chi connectivity index (χ3n) is 1.12. The molecular weight excluding hydrogens is 178 g/mol. The van der Waals surface area contributed by atoms with Gasteiger partial charge in [-0.3, -0.25) is 0 Å². The number of nitrogens with zero attached hydrogens (tertiary/aromatic N) is 2. The molecule has 6 heteroatoms. The lowest BCUT2D eigenvalue weighted by atomic mass is 10.3. The Morgan fingerprint density at radius 3 is 2.50 bits per heavy atom. The van der Waals surface area contributed by atoms with Gasteiger partial charge in [-0.25, -0.2) is 0 Å². The van der Waals surface area contributed by atoms with Crippen LogP contribution >= 0.6 is 12.0 Å². The normalized spacial score (nSPS) is 9.33. The van der Waals surface area contributed by atoms with E-state index < -0.39 is 0 Å². The maximum absolute atomic E-state index is 8.35. The number of rotatable bonds is 3. The second kappa shape index (κ2) is 4.69. The zero-order chi connectivity index (χ0) is 8.81. The average Bonchev–Trinajstić information content (AvgIpc) is 2.15. The Labute approximate surface area is 73.2 Å². The summed E-state index contributed by atoms with van der Waals surface area (Å²) in [5, 5.41) is 8.35. The summed E-state index contributed by atoms with van der Waals surface area (Å²) in [6, 6.07) is 6.67. The first-order chi connectivity index (χ1) is 5.86. The molecule has 1 rings (SSSR count). The van der Waals surface area contributed by atoms with Gasteiger partial charge in [0.25, 0.3) is 0 Å². The maximum Gasteiger partial charge on any atom is 0.385 e. The average molecular weight is 184 g/mol. The van der Waals surface area contributed by atoms with Crippen LogP contribution in [-0.4, -0.2) is 0 Å². The summed E-state index contributed by atoms with van der Waals surface area (Å²) >= 11 is 0.969. The Morgan fingerprint density at radius 2 is 2.00 bits per heavy atom. The fourth-order valence-electron chi connectivity index (χ4n) is 0.627. The molecule has 0 fully saturated rings. The van der Waals surface area contributed by atoms with Gasteiger partial charge in [0.05, 0.1) is 12.0 Å². The van der Waals surface area contributed by atoms with Crippen molar-refractivity contribution in [2.45, 2.75) is 4.90 Å². The van der Waals surface area contributed by atoms with Gasteiger partial charge in [-0.1, -0.05) is 0 Å². The topological polar surface area (TPSA) is 72.6 Å². The lowest BCUT2D eigenvalue weighted by molar-refractivity contribution is -0.195. The Balaban J connectivity index is 2.60. The second-order valence-electron chi connectivity index (χ2n) is 1.84. The van der Waals surface area contributed by atoms with Gasteiger partial charge < -0.3 is 0 Å². The van der Waals surface area contributed by atoms with Crippen LogP contribution in [0.3, 0.4) is 0 Å². The van der Waals surface area contributed by atoms with Crippen LogP contribution in [0.1, 0.15) is 0 Å². The van der Waals surface area contributed by atoms with Gasteiger partial charge in [0, 0.05) is 17.0 Å². The Hall–Kier alpha value is -1.13. The molecule has 0 saturated carbocycles. The Morgan fingerprint density at radius 1 is 1.33 bits per heavy atom. The van der Waals surface area contributed by atoms with Crippen LogP contribution in [0.4, 0.5) is 5.69 Å². The fraction of sp³-hybridized carbons (Fsp3) is 0. The zero-order valence-corrected chi connectivity index (χ0v) is 6.82. The van der Waals surface area contributed by atoms with Crippen LogP contribution < -0.4 is 5.90 Å². The zero-order valence-electron chi connectivity index (χ0n) is 6.01. The third kappa shape index (κ3) is 2.48. The van der Waals surface area contributed by atoms with Crippen LogP contribution in [0.25, 0.3) is 4.98 Å². The van der Waals surface area contributed by atoms with E-state index in [4.69, 9.17) is 5.39 Å². The lowest BCUT2D eigenvalue weighted by Gasteiger charge is -1.94. The van der Waals surface area contributed by atoms with Crippen molar-refractivity contribution in [1.82, 2.24) is 0 Å².